The fourth-order valence-corrected chi connectivity index (χ4v) is 3.21. The van der Waals surface area contributed by atoms with Crippen molar-refractivity contribution in [2.75, 3.05) is 5.73 Å². The van der Waals surface area contributed by atoms with E-state index in [0.717, 1.165) is 25.3 Å². The van der Waals surface area contributed by atoms with Crippen LogP contribution in [-0.2, 0) is 0 Å². The van der Waals surface area contributed by atoms with Crippen molar-refractivity contribution in [1.29, 1.82) is 0 Å². The van der Waals surface area contributed by atoms with Crippen LogP contribution in [0.4, 0.5) is 5.69 Å². The van der Waals surface area contributed by atoms with Gasteiger partial charge in [-0.05, 0) is 64.7 Å². The first-order valence-electron chi connectivity index (χ1n) is 5.31. The molecule has 0 unspecified atom stereocenters. The lowest BCUT2D eigenvalue weighted by Gasteiger charge is -2.01. The fourth-order valence-electron chi connectivity index (χ4n) is 1.59. The Morgan fingerprint density at radius 2 is 2.00 bits per heavy atom. The first-order chi connectivity index (χ1) is 8.72. The quantitative estimate of drug-likeness (QED) is 0.545. The van der Waals surface area contributed by atoms with E-state index in [1.807, 2.05) is 42.5 Å². The van der Waals surface area contributed by atoms with Gasteiger partial charge < -0.3 is 10.2 Å². The number of aromatic nitrogens is 1. The van der Waals surface area contributed by atoms with Crippen molar-refractivity contribution >= 4 is 51.1 Å². The highest BCUT2D eigenvalue weighted by Gasteiger charge is 2.09. The van der Waals surface area contributed by atoms with Crippen LogP contribution in [0, 0.1) is 3.57 Å². The summed E-state index contributed by atoms with van der Waals surface area (Å²) in [6.45, 7) is 0. The molecular weight excluding hydrogens is 359 g/mol. The smallest absolute Gasteiger partial charge is 0.261 e. The maximum Gasteiger partial charge on any atom is 0.261 e. The number of hydrogen-bond acceptors (Lipinski definition) is 4. The summed E-state index contributed by atoms with van der Waals surface area (Å²) in [5, 5.41) is 0.652. The molecule has 0 aliphatic carbocycles. The first-order valence-corrected chi connectivity index (χ1v) is 7.20. The van der Waals surface area contributed by atoms with Gasteiger partial charge in [-0.25, -0.2) is 4.98 Å². The van der Waals surface area contributed by atoms with Gasteiger partial charge >= 0.3 is 0 Å². The molecule has 3 rings (SSSR count). The standard InChI is InChI=1S/C13H9IN2OS/c14-9-7-8(15)5-6-12(9)18-13-16-10-3-1-2-4-11(10)17-13/h1-7H,15H2. The van der Waals surface area contributed by atoms with Gasteiger partial charge in [0, 0.05) is 14.2 Å². The molecule has 2 aromatic carbocycles. The zero-order valence-corrected chi connectivity index (χ0v) is 12.2. The minimum atomic E-state index is 0.652. The number of rotatable bonds is 2. The number of oxazole rings is 1. The number of nitrogens with zero attached hydrogens (tertiary/aromatic N) is 1. The van der Waals surface area contributed by atoms with E-state index in [2.05, 4.69) is 27.6 Å². The largest absolute Gasteiger partial charge is 0.431 e. The van der Waals surface area contributed by atoms with Crippen molar-refractivity contribution in [2.45, 2.75) is 10.1 Å². The van der Waals surface area contributed by atoms with Crippen LogP contribution in [0.15, 0.2) is 57.0 Å². The molecule has 0 saturated carbocycles. The van der Waals surface area contributed by atoms with Crippen molar-refractivity contribution in [2.24, 2.45) is 0 Å². The van der Waals surface area contributed by atoms with Gasteiger partial charge in [-0.3, -0.25) is 0 Å². The second kappa shape index (κ2) is 4.81. The Morgan fingerprint density at radius 1 is 1.17 bits per heavy atom. The van der Waals surface area contributed by atoms with Crippen LogP contribution < -0.4 is 5.73 Å². The van der Waals surface area contributed by atoms with Crippen LogP contribution in [-0.4, -0.2) is 4.98 Å². The van der Waals surface area contributed by atoms with Gasteiger partial charge in [0.25, 0.3) is 5.22 Å². The summed E-state index contributed by atoms with van der Waals surface area (Å²) < 4.78 is 6.77. The second-order valence-electron chi connectivity index (χ2n) is 3.74. The highest BCUT2D eigenvalue weighted by atomic mass is 127. The molecule has 0 aliphatic heterocycles. The minimum absolute atomic E-state index is 0.652. The first kappa shape index (κ1) is 11.9. The topological polar surface area (TPSA) is 52.0 Å². The normalized spacial score (nSPS) is 10.9. The maximum absolute atomic E-state index is 5.73. The van der Waals surface area contributed by atoms with Gasteiger partial charge in [-0.15, -0.1) is 0 Å². The third-order valence-electron chi connectivity index (χ3n) is 2.43. The lowest BCUT2D eigenvalue weighted by molar-refractivity contribution is 0.489. The maximum atomic E-state index is 5.73. The number of benzene rings is 2. The predicted octanol–water partition coefficient (Wildman–Crippen LogP) is 4.17. The average Bonchev–Trinajstić information content (AvgIpc) is 2.75. The summed E-state index contributed by atoms with van der Waals surface area (Å²) in [5.41, 5.74) is 8.18. The van der Waals surface area contributed by atoms with Crippen LogP contribution in [0.2, 0.25) is 0 Å². The molecule has 0 saturated heterocycles. The Labute approximate surface area is 122 Å². The molecule has 1 heterocycles. The van der Waals surface area contributed by atoms with Crippen molar-refractivity contribution in [3.63, 3.8) is 0 Å². The summed E-state index contributed by atoms with van der Waals surface area (Å²) in [4.78, 5) is 5.53. The van der Waals surface area contributed by atoms with Gasteiger partial charge in [0.2, 0.25) is 0 Å². The van der Waals surface area contributed by atoms with Crippen molar-refractivity contribution in [3.8, 4) is 0 Å². The van der Waals surface area contributed by atoms with Crippen LogP contribution in [0.3, 0.4) is 0 Å². The number of anilines is 1. The lowest BCUT2D eigenvalue weighted by Crippen LogP contribution is -1.86. The molecule has 0 radical (unpaired) electrons. The zero-order chi connectivity index (χ0) is 12.5. The highest BCUT2D eigenvalue weighted by molar-refractivity contribution is 14.1. The Bertz CT molecular complexity index is 678. The summed E-state index contributed by atoms with van der Waals surface area (Å²) in [5.74, 6) is 0. The second-order valence-corrected chi connectivity index (χ2v) is 5.89. The molecule has 0 spiro atoms. The summed E-state index contributed by atoms with van der Waals surface area (Å²) in [6, 6.07) is 13.5. The number of para-hydroxylation sites is 2. The van der Waals surface area contributed by atoms with Gasteiger partial charge in [0.1, 0.15) is 5.52 Å². The molecule has 0 fully saturated rings. The molecule has 0 atom stereocenters. The fraction of sp³-hybridized carbons (Fsp3) is 0. The van der Waals surface area contributed by atoms with Crippen LogP contribution in [0.5, 0.6) is 0 Å². The molecule has 2 N–H and O–H groups in total. The van der Waals surface area contributed by atoms with Crippen molar-refractivity contribution in [1.82, 2.24) is 4.98 Å². The number of fused-ring (bicyclic) bond motifs is 1. The summed E-state index contributed by atoms with van der Waals surface area (Å²) in [7, 11) is 0. The van der Waals surface area contributed by atoms with Gasteiger partial charge in [0.05, 0.1) is 0 Å². The third kappa shape index (κ3) is 2.32. The Morgan fingerprint density at radius 3 is 2.78 bits per heavy atom. The number of halogens is 1. The van der Waals surface area contributed by atoms with E-state index in [9.17, 15) is 0 Å². The van der Waals surface area contributed by atoms with Crippen LogP contribution in [0.25, 0.3) is 11.1 Å². The third-order valence-corrected chi connectivity index (χ3v) is 4.61. The molecule has 18 heavy (non-hydrogen) atoms. The average molecular weight is 368 g/mol. The lowest BCUT2D eigenvalue weighted by atomic mass is 10.3. The van der Waals surface area contributed by atoms with Crippen molar-refractivity contribution < 1.29 is 4.42 Å². The number of nitrogen functional groups attached to an aromatic ring is 1. The number of hydrogen-bond donors (Lipinski definition) is 1. The van der Waals surface area contributed by atoms with E-state index in [1.54, 1.807) is 0 Å². The summed E-state index contributed by atoms with van der Waals surface area (Å²) >= 11 is 3.77. The van der Waals surface area contributed by atoms with E-state index in [4.69, 9.17) is 10.2 Å². The van der Waals surface area contributed by atoms with Gasteiger partial charge in [0.15, 0.2) is 5.58 Å². The van der Waals surface area contributed by atoms with Gasteiger partial charge in [-0.2, -0.15) is 0 Å². The van der Waals surface area contributed by atoms with Crippen LogP contribution >= 0.6 is 34.4 Å². The predicted molar refractivity (Wildman–Crippen MR) is 81.7 cm³/mol. The van der Waals surface area contributed by atoms with E-state index >= 15 is 0 Å². The molecular formula is C13H9IN2OS. The molecule has 0 bridgehead atoms. The van der Waals surface area contributed by atoms with E-state index in [-0.39, 0.29) is 0 Å². The Kier molecular flexibility index (Phi) is 3.17. The van der Waals surface area contributed by atoms with E-state index in [0.29, 0.717) is 5.22 Å². The molecule has 1 aromatic heterocycles. The SMILES string of the molecule is Nc1ccc(Sc2nc3ccccc3o2)c(I)c1. The molecule has 0 aliphatic rings. The monoisotopic (exact) mass is 368 g/mol. The van der Waals surface area contributed by atoms with Crippen molar-refractivity contribution in [3.05, 3.63) is 46.0 Å². The van der Waals surface area contributed by atoms with E-state index in [1.165, 1.54) is 11.8 Å². The van der Waals surface area contributed by atoms with Crippen LogP contribution in [0.1, 0.15) is 0 Å². The summed E-state index contributed by atoms with van der Waals surface area (Å²) in [6.07, 6.45) is 0. The van der Waals surface area contributed by atoms with E-state index < -0.39 is 0 Å². The minimum Gasteiger partial charge on any atom is -0.431 e. The zero-order valence-electron chi connectivity index (χ0n) is 9.26. The molecule has 3 aromatic rings. The molecule has 90 valence electrons. The Hall–Kier alpha value is -1.21. The number of nitrogens with two attached hydrogens (primary N) is 1. The molecule has 0 amide bonds. The Balaban J connectivity index is 1.96. The molecule has 3 nitrogen and oxygen atoms in total. The highest BCUT2D eigenvalue weighted by Crippen LogP contribution is 2.33. The molecule has 5 heteroatoms. The van der Waals surface area contributed by atoms with Gasteiger partial charge in [-0.1, -0.05) is 12.1 Å².